The summed E-state index contributed by atoms with van der Waals surface area (Å²) in [6.07, 6.45) is 2.09. The van der Waals surface area contributed by atoms with E-state index in [0.29, 0.717) is 35.9 Å². The molecule has 2 aromatic rings. The third-order valence-corrected chi connectivity index (χ3v) is 4.87. The highest BCUT2D eigenvalue weighted by Crippen LogP contribution is 2.38. The highest BCUT2D eigenvalue weighted by atomic mass is 32.1. The Bertz CT molecular complexity index is 805. The van der Waals surface area contributed by atoms with E-state index in [2.05, 4.69) is 4.98 Å². The minimum atomic E-state index is -0.440. The average molecular weight is 348 g/mol. The van der Waals surface area contributed by atoms with Gasteiger partial charge >= 0.3 is 11.7 Å². The van der Waals surface area contributed by atoms with Crippen molar-refractivity contribution in [1.29, 1.82) is 0 Å². The Morgan fingerprint density at radius 2 is 2.38 bits per heavy atom. The van der Waals surface area contributed by atoms with Gasteiger partial charge in [-0.2, -0.15) is 0 Å². The number of carbonyl (C=O) groups is 1. The number of hydrogen-bond donors (Lipinski definition) is 1. The number of nitrogens with two attached hydrogens (primary N) is 1. The van der Waals surface area contributed by atoms with Gasteiger partial charge in [0.25, 0.3) is 0 Å². The number of anilines is 2. The number of aromatic nitrogens is 1. The highest BCUT2D eigenvalue weighted by Gasteiger charge is 2.30. The zero-order chi connectivity index (χ0) is 17.3. The molecule has 24 heavy (non-hydrogen) atoms. The van der Waals surface area contributed by atoms with Gasteiger partial charge in [0.1, 0.15) is 5.00 Å². The number of ether oxygens (including phenoxy) is 1. The lowest BCUT2D eigenvalue weighted by Crippen LogP contribution is -2.31. The molecule has 0 amide bonds. The molecule has 1 aliphatic heterocycles. The summed E-state index contributed by atoms with van der Waals surface area (Å²) in [4.78, 5) is 29.7. The van der Waals surface area contributed by atoms with Crippen LogP contribution in [0.4, 0.5) is 16.5 Å². The lowest BCUT2D eigenvalue weighted by molar-refractivity contribution is -0.384. The van der Waals surface area contributed by atoms with Gasteiger partial charge in [-0.3, -0.25) is 10.1 Å². The summed E-state index contributed by atoms with van der Waals surface area (Å²) in [7, 11) is 0. The minimum Gasteiger partial charge on any atom is -0.462 e. The molecule has 0 fully saturated rings. The zero-order valence-corrected chi connectivity index (χ0v) is 13.8. The van der Waals surface area contributed by atoms with Crippen LogP contribution in [-0.2, 0) is 17.7 Å². The van der Waals surface area contributed by atoms with Gasteiger partial charge in [0.05, 0.1) is 23.6 Å². The second kappa shape index (κ2) is 6.44. The van der Waals surface area contributed by atoms with E-state index in [-0.39, 0.29) is 12.3 Å². The minimum absolute atomic E-state index is 0.0314. The maximum atomic E-state index is 12.1. The first-order valence-electron chi connectivity index (χ1n) is 7.44. The molecule has 126 valence electrons. The molecule has 0 saturated carbocycles. The van der Waals surface area contributed by atoms with Crippen molar-refractivity contribution < 1.29 is 14.5 Å². The SMILES string of the molecule is CCOC(=O)c1c(N)sc2c1CCN(c1ncccc1[N+](=O)[O-])C2. The van der Waals surface area contributed by atoms with Crippen molar-refractivity contribution in [1.82, 2.24) is 4.98 Å². The standard InChI is InChI=1S/C15H16N4O4S/c1-2-23-15(20)12-9-5-7-18(8-11(9)24-13(12)16)14-10(19(21)22)4-3-6-17-14/h3-4,6H,2,5,7-8,16H2,1H3. The van der Waals surface area contributed by atoms with Gasteiger partial charge < -0.3 is 15.4 Å². The van der Waals surface area contributed by atoms with E-state index in [1.54, 1.807) is 13.0 Å². The normalized spacial score (nSPS) is 13.5. The number of esters is 1. The molecule has 0 unspecified atom stereocenters. The number of fused-ring (bicyclic) bond motifs is 1. The Morgan fingerprint density at radius 3 is 3.08 bits per heavy atom. The predicted molar refractivity (Wildman–Crippen MR) is 90.3 cm³/mol. The molecule has 0 aliphatic carbocycles. The average Bonchev–Trinajstić information content (AvgIpc) is 2.89. The van der Waals surface area contributed by atoms with Crippen LogP contribution < -0.4 is 10.6 Å². The molecular formula is C15H16N4O4S. The first-order valence-corrected chi connectivity index (χ1v) is 8.26. The molecule has 3 rings (SSSR count). The van der Waals surface area contributed by atoms with Crippen molar-refractivity contribution in [3.05, 3.63) is 44.4 Å². The third-order valence-electron chi connectivity index (χ3n) is 3.83. The number of rotatable bonds is 4. The molecule has 2 N–H and O–H groups in total. The molecule has 0 saturated heterocycles. The first kappa shape index (κ1) is 16.2. The summed E-state index contributed by atoms with van der Waals surface area (Å²) in [5.74, 6) is -0.0810. The molecule has 2 aromatic heterocycles. The fourth-order valence-electron chi connectivity index (χ4n) is 2.81. The van der Waals surface area contributed by atoms with Gasteiger partial charge in [-0.15, -0.1) is 11.3 Å². The monoisotopic (exact) mass is 348 g/mol. The van der Waals surface area contributed by atoms with Crippen LogP contribution in [0.2, 0.25) is 0 Å². The van der Waals surface area contributed by atoms with E-state index in [9.17, 15) is 14.9 Å². The lowest BCUT2D eigenvalue weighted by atomic mass is 10.0. The van der Waals surface area contributed by atoms with Crippen molar-refractivity contribution in [3.8, 4) is 0 Å². The largest absolute Gasteiger partial charge is 0.462 e. The summed E-state index contributed by atoms with van der Waals surface area (Å²) >= 11 is 1.32. The van der Waals surface area contributed by atoms with Crippen molar-refractivity contribution in [2.24, 2.45) is 0 Å². The van der Waals surface area contributed by atoms with Crippen molar-refractivity contribution >= 4 is 33.8 Å². The highest BCUT2D eigenvalue weighted by molar-refractivity contribution is 7.16. The van der Waals surface area contributed by atoms with Crippen LogP contribution in [0, 0.1) is 10.1 Å². The van der Waals surface area contributed by atoms with E-state index in [0.717, 1.165) is 10.4 Å². The van der Waals surface area contributed by atoms with Crippen LogP contribution >= 0.6 is 11.3 Å². The fourth-order valence-corrected chi connectivity index (χ4v) is 3.93. The van der Waals surface area contributed by atoms with E-state index >= 15 is 0 Å². The van der Waals surface area contributed by atoms with Crippen molar-refractivity contribution in [2.45, 2.75) is 19.9 Å². The topological polar surface area (TPSA) is 112 Å². The molecule has 0 aromatic carbocycles. The predicted octanol–water partition coefficient (Wildman–Crippen LogP) is 2.37. The van der Waals surface area contributed by atoms with Crippen LogP contribution in [0.1, 0.15) is 27.7 Å². The van der Waals surface area contributed by atoms with Crippen molar-refractivity contribution in [2.75, 3.05) is 23.8 Å². The van der Waals surface area contributed by atoms with E-state index in [1.807, 2.05) is 4.90 Å². The van der Waals surface area contributed by atoms with E-state index in [1.165, 1.54) is 23.6 Å². The summed E-state index contributed by atoms with van der Waals surface area (Å²) in [6.45, 7) is 2.99. The molecule has 9 heteroatoms. The number of pyridine rings is 1. The molecule has 0 spiro atoms. The molecule has 0 bridgehead atoms. The number of nitrogen functional groups attached to an aromatic ring is 1. The summed E-state index contributed by atoms with van der Waals surface area (Å²) in [5, 5.41) is 11.6. The molecule has 0 atom stereocenters. The zero-order valence-electron chi connectivity index (χ0n) is 13.0. The molecular weight excluding hydrogens is 332 g/mol. The summed E-state index contributed by atoms with van der Waals surface area (Å²) in [5.41, 5.74) is 7.28. The number of nitrogens with zero attached hydrogens (tertiary/aromatic N) is 3. The van der Waals surface area contributed by atoms with Gasteiger partial charge in [0, 0.05) is 23.7 Å². The Balaban J connectivity index is 1.93. The molecule has 0 radical (unpaired) electrons. The van der Waals surface area contributed by atoms with Gasteiger partial charge in [-0.1, -0.05) is 0 Å². The molecule has 1 aliphatic rings. The molecule has 8 nitrogen and oxygen atoms in total. The van der Waals surface area contributed by atoms with Gasteiger partial charge in [0.2, 0.25) is 5.82 Å². The van der Waals surface area contributed by atoms with E-state index < -0.39 is 10.9 Å². The Kier molecular flexibility index (Phi) is 4.34. The van der Waals surface area contributed by atoms with Crippen LogP contribution in [0.3, 0.4) is 0 Å². The van der Waals surface area contributed by atoms with Crippen LogP contribution in [0.25, 0.3) is 0 Å². The Morgan fingerprint density at radius 1 is 1.58 bits per heavy atom. The fraction of sp³-hybridized carbons (Fsp3) is 0.333. The smallest absolute Gasteiger partial charge is 0.341 e. The lowest BCUT2D eigenvalue weighted by Gasteiger charge is -2.27. The summed E-state index contributed by atoms with van der Waals surface area (Å²) < 4.78 is 5.07. The van der Waals surface area contributed by atoms with Crippen LogP contribution in [-0.4, -0.2) is 29.0 Å². The van der Waals surface area contributed by atoms with E-state index in [4.69, 9.17) is 10.5 Å². The third kappa shape index (κ3) is 2.78. The first-order chi connectivity index (χ1) is 11.5. The molecule has 3 heterocycles. The number of nitro groups is 1. The maximum Gasteiger partial charge on any atom is 0.341 e. The van der Waals surface area contributed by atoms with Crippen molar-refractivity contribution in [3.63, 3.8) is 0 Å². The number of thiophene rings is 1. The number of carbonyl (C=O) groups excluding carboxylic acids is 1. The number of hydrogen-bond acceptors (Lipinski definition) is 8. The summed E-state index contributed by atoms with van der Waals surface area (Å²) in [6, 6.07) is 2.98. The van der Waals surface area contributed by atoms with Gasteiger partial charge in [0.15, 0.2) is 0 Å². The second-order valence-corrected chi connectivity index (χ2v) is 6.38. The van der Waals surface area contributed by atoms with Crippen LogP contribution in [0.15, 0.2) is 18.3 Å². The van der Waals surface area contributed by atoms with Crippen LogP contribution in [0.5, 0.6) is 0 Å². The van der Waals surface area contributed by atoms with Gasteiger partial charge in [-0.25, -0.2) is 9.78 Å². The second-order valence-electron chi connectivity index (χ2n) is 5.24. The maximum absolute atomic E-state index is 12.1. The quantitative estimate of drug-likeness (QED) is 0.513. The Labute approximate surface area is 142 Å². The van der Waals surface area contributed by atoms with Gasteiger partial charge in [-0.05, 0) is 25.0 Å². The Hall–Kier alpha value is -2.68.